The van der Waals surface area contributed by atoms with E-state index in [9.17, 15) is 14.4 Å². The molecule has 1 saturated heterocycles. The van der Waals surface area contributed by atoms with Crippen LogP contribution in [0.25, 0.3) is 0 Å². The van der Waals surface area contributed by atoms with E-state index < -0.39 is 17.4 Å². The molecule has 0 saturated carbocycles. The van der Waals surface area contributed by atoms with Crippen molar-refractivity contribution in [2.24, 2.45) is 5.41 Å². The molecule has 3 N–H and O–H groups in total. The molecule has 0 aromatic rings. The molecule has 96 valence electrons. The van der Waals surface area contributed by atoms with Crippen LogP contribution in [0.1, 0.15) is 33.1 Å². The number of amides is 2. The van der Waals surface area contributed by atoms with Crippen LogP contribution in [0, 0.1) is 5.41 Å². The van der Waals surface area contributed by atoms with E-state index in [1.54, 1.807) is 13.8 Å². The molecule has 2 atom stereocenters. The maximum atomic E-state index is 11.7. The molecule has 17 heavy (non-hydrogen) atoms. The van der Waals surface area contributed by atoms with Gasteiger partial charge in [-0.1, -0.05) is 6.92 Å². The minimum absolute atomic E-state index is 0.0734. The fourth-order valence-electron chi connectivity index (χ4n) is 1.57. The Balaban J connectivity index is 2.47. The van der Waals surface area contributed by atoms with Gasteiger partial charge in [0, 0.05) is 13.0 Å². The van der Waals surface area contributed by atoms with Gasteiger partial charge in [-0.2, -0.15) is 0 Å². The Morgan fingerprint density at radius 3 is 2.65 bits per heavy atom. The lowest BCUT2D eigenvalue weighted by molar-refractivity contribution is -0.148. The third-order valence-corrected chi connectivity index (χ3v) is 3.26. The van der Waals surface area contributed by atoms with E-state index in [2.05, 4.69) is 10.6 Å². The van der Waals surface area contributed by atoms with Crippen molar-refractivity contribution in [1.82, 2.24) is 10.6 Å². The van der Waals surface area contributed by atoms with Crippen LogP contribution in [0.5, 0.6) is 0 Å². The highest BCUT2D eigenvalue weighted by atomic mass is 16.4. The normalized spacial score (nSPS) is 22.7. The Kier molecular flexibility index (Phi) is 4.09. The van der Waals surface area contributed by atoms with E-state index >= 15 is 0 Å². The second kappa shape index (κ2) is 5.16. The van der Waals surface area contributed by atoms with Crippen molar-refractivity contribution in [3.8, 4) is 0 Å². The van der Waals surface area contributed by atoms with Crippen molar-refractivity contribution in [3.63, 3.8) is 0 Å². The topological polar surface area (TPSA) is 95.5 Å². The molecule has 1 heterocycles. The standard InChI is InChI=1S/C11H18N2O4/c1-3-11(2,10(16)17)6-12-9(15)7-4-5-8(14)13-7/h7H,3-6H2,1-2H3,(H,12,15)(H,13,14)(H,16,17). The van der Waals surface area contributed by atoms with Gasteiger partial charge in [-0.05, 0) is 19.8 Å². The van der Waals surface area contributed by atoms with E-state index in [1.165, 1.54) is 0 Å². The molecule has 0 radical (unpaired) electrons. The first-order chi connectivity index (χ1) is 7.89. The maximum Gasteiger partial charge on any atom is 0.311 e. The summed E-state index contributed by atoms with van der Waals surface area (Å²) < 4.78 is 0. The van der Waals surface area contributed by atoms with Crippen LogP contribution >= 0.6 is 0 Å². The third-order valence-electron chi connectivity index (χ3n) is 3.26. The van der Waals surface area contributed by atoms with Crippen molar-refractivity contribution in [3.05, 3.63) is 0 Å². The predicted octanol–water partition coefficient (Wildman–Crippen LogP) is -0.118. The lowest BCUT2D eigenvalue weighted by Gasteiger charge is -2.24. The van der Waals surface area contributed by atoms with Gasteiger partial charge in [0.05, 0.1) is 5.41 Å². The van der Waals surface area contributed by atoms with Crippen LogP contribution in [-0.2, 0) is 14.4 Å². The van der Waals surface area contributed by atoms with Crippen LogP contribution < -0.4 is 10.6 Å². The number of carboxylic acid groups (broad SMARTS) is 1. The molecule has 6 heteroatoms. The van der Waals surface area contributed by atoms with Gasteiger partial charge >= 0.3 is 5.97 Å². The van der Waals surface area contributed by atoms with E-state index in [0.717, 1.165) is 0 Å². The lowest BCUT2D eigenvalue weighted by atomic mass is 9.87. The highest BCUT2D eigenvalue weighted by Gasteiger charge is 2.33. The Labute approximate surface area is 99.8 Å². The summed E-state index contributed by atoms with van der Waals surface area (Å²) in [5.41, 5.74) is -0.960. The van der Waals surface area contributed by atoms with Crippen LogP contribution in [0.15, 0.2) is 0 Å². The van der Waals surface area contributed by atoms with Crippen molar-refractivity contribution >= 4 is 17.8 Å². The number of carbonyl (C=O) groups excluding carboxylic acids is 2. The second-order valence-electron chi connectivity index (χ2n) is 4.60. The minimum atomic E-state index is -0.960. The summed E-state index contributed by atoms with van der Waals surface area (Å²) in [6.45, 7) is 3.42. The molecule has 1 aliphatic rings. The first-order valence-electron chi connectivity index (χ1n) is 5.69. The smallest absolute Gasteiger partial charge is 0.311 e. The van der Waals surface area contributed by atoms with Crippen molar-refractivity contribution < 1.29 is 19.5 Å². The zero-order valence-corrected chi connectivity index (χ0v) is 10.1. The number of carboxylic acids is 1. The molecule has 1 aliphatic heterocycles. The molecule has 0 bridgehead atoms. The van der Waals surface area contributed by atoms with Gasteiger partial charge in [0.15, 0.2) is 0 Å². The number of carbonyl (C=O) groups is 3. The van der Waals surface area contributed by atoms with Gasteiger partial charge < -0.3 is 15.7 Å². The average molecular weight is 242 g/mol. The number of aliphatic carboxylic acids is 1. The largest absolute Gasteiger partial charge is 0.481 e. The fourth-order valence-corrected chi connectivity index (χ4v) is 1.57. The molecule has 0 aromatic heterocycles. The van der Waals surface area contributed by atoms with Gasteiger partial charge in [-0.15, -0.1) is 0 Å². The van der Waals surface area contributed by atoms with Crippen LogP contribution in [0.2, 0.25) is 0 Å². The van der Waals surface area contributed by atoms with Crippen LogP contribution in [-0.4, -0.2) is 35.5 Å². The molecular formula is C11H18N2O4. The minimum Gasteiger partial charge on any atom is -0.481 e. The molecule has 0 spiro atoms. The molecule has 0 aliphatic carbocycles. The maximum absolute atomic E-state index is 11.7. The monoisotopic (exact) mass is 242 g/mol. The summed E-state index contributed by atoms with van der Waals surface area (Å²) in [4.78, 5) is 33.6. The van der Waals surface area contributed by atoms with Crippen molar-refractivity contribution in [2.75, 3.05) is 6.54 Å². The van der Waals surface area contributed by atoms with E-state index in [4.69, 9.17) is 5.11 Å². The van der Waals surface area contributed by atoms with E-state index in [-0.39, 0.29) is 18.4 Å². The number of rotatable bonds is 5. The van der Waals surface area contributed by atoms with Gasteiger partial charge in [-0.3, -0.25) is 14.4 Å². The first kappa shape index (κ1) is 13.5. The molecule has 6 nitrogen and oxygen atoms in total. The second-order valence-corrected chi connectivity index (χ2v) is 4.60. The molecule has 2 unspecified atom stereocenters. The number of hydrogen-bond acceptors (Lipinski definition) is 3. The summed E-state index contributed by atoms with van der Waals surface area (Å²) in [6, 6.07) is -0.516. The van der Waals surface area contributed by atoms with Gasteiger partial charge in [0.2, 0.25) is 11.8 Å². The zero-order chi connectivity index (χ0) is 13.1. The number of nitrogens with one attached hydrogen (secondary N) is 2. The molecule has 1 rings (SSSR count). The molecule has 2 amide bonds. The molecule has 1 fully saturated rings. The predicted molar refractivity (Wildman–Crippen MR) is 60.2 cm³/mol. The third kappa shape index (κ3) is 3.18. The average Bonchev–Trinajstić information content (AvgIpc) is 2.72. The highest BCUT2D eigenvalue weighted by molar-refractivity contribution is 5.91. The summed E-state index contributed by atoms with van der Waals surface area (Å²) in [5.74, 6) is -1.38. The first-order valence-corrected chi connectivity index (χ1v) is 5.69. The molecular weight excluding hydrogens is 224 g/mol. The summed E-state index contributed by atoms with van der Waals surface area (Å²) in [6.07, 6.45) is 1.25. The summed E-state index contributed by atoms with van der Waals surface area (Å²) in [7, 11) is 0. The van der Waals surface area contributed by atoms with E-state index in [0.29, 0.717) is 19.3 Å². The Hall–Kier alpha value is -1.59. The summed E-state index contributed by atoms with van der Waals surface area (Å²) >= 11 is 0. The molecule has 0 aromatic carbocycles. The van der Waals surface area contributed by atoms with Crippen LogP contribution in [0.3, 0.4) is 0 Å². The fraction of sp³-hybridized carbons (Fsp3) is 0.727. The van der Waals surface area contributed by atoms with Crippen molar-refractivity contribution in [1.29, 1.82) is 0 Å². The summed E-state index contributed by atoms with van der Waals surface area (Å²) in [5, 5.41) is 14.2. The Morgan fingerprint density at radius 2 is 2.24 bits per heavy atom. The zero-order valence-electron chi connectivity index (χ0n) is 10.1. The Morgan fingerprint density at radius 1 is 1.59 bits per heavy atom. The van der Waals surface area contributed by atoms with Crippen LogP contribution in [0.4, 0.5) is 0 Å². The Bertz CT molecular complexity index is 342. The van der Waals surface area contributed by atoms with Gasteiger partial charge in [0.1, 0.15) is 6.04 Å². The quantitative estimate of drug-likeness (QED) is 0.626. The van der Waals surface area contributed by atoms with Gasteiger partial charge in [-0.25, -0.2) is 0 Å². The van der Waals surface area contributed by atoms with Crippen molar-refractivity contribution in [2.45, 2.75) is 39.2 Å². The van der Waals surface area contributed by atoms with E-state index in [1.807, 2.05) is 0 Å². The lowest BCUT2D eigenvalue weighted by Crippen LogP contribution is -2.47. The van der Waals surface area contributed by atoms with Gasteiger partial charge in [0.25, 0.3) is 0 Å². The SMILES string of the molecule is CCC(C)(CNC(=O)C1CCC(=O)N1)C(=O)O. The number of hydrogen-bond donors (Lipinski definition) is 3. The highest BCUT2D eigenvalue weighted by Crippen LogP contribution is 2.20.